The Morgan fingerprint density at radius 1 is 0.839 bits per heavy atom. The van der Waals surface area contributed by atoms with Gasteiger partial charge in [-0.3, -0.25) is 9.59 Å². The van der Waals surface area contributed by atoms with Gasteiger partial charge in [-0.1, -0.05) is 89.4 Å². The number of carbonyl (C=O) groups excluding carboxylic acids is 2. The largest absolute Gasteiger partial charge is 0.365 e. The molecule has 1 heterocycles. The van der Waals surface area contributed by atoms with E-state index in [1.807, 2.05) is 73.5 Å². The third-order valence-corrected chi connectivity index (χ3v) is 6.03. The fourth-order valence-corrected chi connectivity index (χ4v) is 4.05. The Labute approximate surface area is 191 Å². The molecule has 0 saturated heterocycles. The van der Waals surface area contributed by atoms with Crippen LogP contribution in [-0.4, -0.2) is 23.8 Å². The number of halogens is 2. The second-order valence-electron chi connectivity index (χ2n) is 7.45. The lowest BCUT2D eigenvalue weighted by molar-refractivity contribution is -0.120. The second-order valence-corrected chi connectivity index (χ2v) is 8.24. The molecule has 1 aliphatic rings. The summed E-state index contributed by atoms with van der Waals surface area (Å²) in [4.78, 5) is 30.0. The number of hydrogen-bond acceptors (Lipinski definition) is 3. The predicted octanol–water partition coefficient (Wildman–Crippen LogP) is 5.72. The van der Waals surface area contributed by atoms with Gasteiger partial charge in [-0.05, 0) is 30.2 Å². The predicted molar refractivity (Wildman–Crippen MR) is 125 cm³/mol. The summed E-state index contributed by atoms with van der Waals surface area (Å²) in [6.45, 7) is 2.45. The first-order chi connectivity index (χ1) is 14.9. The van der Waals surface area contributed by atoms with Gasteiger partial charge in [-0.25, -0.2) is 4.90 Å². The maximum Gasteiger partial charge on any atom is 0.282 e. The molecular formula is C25H20Cl2N2O2. The number of rotatable bonds is 5. The van der Waals surface area contributed by atoms with Crippen LogP contribution in [0.25, 0.3) is 5.57 Å². The minimum Gasteiger partial charge on any atom is -0.365 e. The standard InChI is InChI=1S/C25H20Cl2N2O2/c1-16-11-13-18(14-12-16)21-23(28(2)15-17-7-4-3-5-8-17)25(31)29(24(21)30)20-10-6-9-19(26)22(20)27/h3-14H,15H2,1-2H3. The normalized spacial score (nSPS) is 13.9. The molecule has 1 aliphatic heterocycles. The third kappa shape index (κ3) is 3.97. The highest BCUT2D eigenvalue weighted by Crippen LogP contribution is 2.39. The monoisotopic (exact) mass is 450 g/mol. The van der Waals surface area contributed by atoms with Gasteiger partial charge < -0.3 is 4.90 Å². The van der Waals surface area contributed by atoms with E-state index >= 15 is 0 Å². The third-order valence-electron chi connectivity index (χ3n) is 5.22. The van der Waals surface area contributed by atoms with Crippen molar-refractivity contribution in [2.75, 3.05) is 11.9 Å². The van der Waals surface area contributed by atoms with Crippen LogP contribution in [0.2, 0.25) is 10.0 Å². The van der Waals surface area contributed by atoms with E-state index in [1.54, 1.807) is 18.2 Å². The van der Waals surface area contributed by atoms with Gasteiger partial charge in [0.25, 0.3) is 11.8 Å². The van der Waals surface area contributed by atoms with Crippen LogP contribution in [0.1, 0.15) is 16.7 Å². The molecule has 0 aromatic heterocycles. The number of nitrogens with zero attached hydrogens (tertiary/aromatic N) is 2. The van der Waals surface area contributed by atoms with E-state index in [0.717, 1.165) is 16.0 Å². The van der Waals surface area contributed by atoms with Crippen LogP contribution in [0.5, 0.6) is 0 Å². The minimum atomic E-state index is -0.428. The van der Waals surface area contributed by atoms with Crippen LogP contribution < -0.4 is 4.90 Å². The zero-order valence-electron chi connectivity index (χ0n) is 17.1. The molecule has 3 aromatic rings. The molecule has 0 atom stereocenters. The van der Waals surface area contributed by atoms with Crippen LogP contribution in [0.4, 0.5) is 5.69 Å². The number of imide groups is 1. The van der Waals surface area contributed by atoms with Gasteiger partial charge in [0, 0.05) is 13.6 Å². The first-order valence-corrected chi connectivity index (χ1v) is 10.5. The summed E-state index contributed by atoms with van der Waals surface area (Å²) in [5, 5.41) is 0.448. The van der Waals surface area contributed by atoms with Crippen LogP contribution >= 0.6 is 23.2 Å². The van der Waals surface area contributed by atoms with E-state index in [1.165, 1.54) is 0 Å². The lowest BCUT2D eigenvalue weighted by atomic mass is 10.0. The number of anilines is 1. The van der Waals surface area contributed by atoms with E-state index < -0.39 is 11.8 Å². The second kappa shape index (κ2) is 8.58. The van der Waals surface area contributed by atoms with E-state index in [2.05, 4.69) is 0 Å². The van der Waals surface area contributed by atoms with Crippen molar-refractivity contribution in [3.63, 3.8) is 0 Å². The lowest BCUT2D eigenvalue weighted by Gasteiger charge is -2.22. The number of hydrogen-bond donors (Lipinski definition) is 0. The van der Waals surface area contributed by atoms with Crippen molar-refractivity contribution < 1.29 is 9.59 Å². The Bertz CT molecular complexity index is 1190. The summed E-state index contributed by atoms with van der Waals surface area (Å²) in [5.41, 5.74) is 3.72. The summed E-state index contributed by atoms with van der Waals surface area (Å²) >= 11 is 12.5. The van der Waals surface area contributed by atoms with Crippen molar-refractivity contribution in [2.45, 2.75) is 13.5 Å². The number of likely N-dealkylation sites (N-methyl/N-ethyl adjacent to an activating group) is 1. The molecule has 0 N–H and O–H groups in total. The van der Waals surface area contributed by atoms with E-state index in [-0.39, 0.29) is 15.7 Å². The number of benzene rings is 3. The highest BCUT2D eigenvalue weighted by Gasteiger charge is 2.42. The molecule has 31 heavy (non-hydrogen) atoms. The number of amides is 2. The van der Waals surface area contributed by atoms with Gasteiger partial charge in [0.1, 0.15) is 5.70 Å². The first-order valence-electron chi connectivity index (χ1n) is 9.77. The molecule has 4 nitrogen and oxygen atoms in total. The van der Waals surface area contributed by atoms with Gasteiger partial charge in [0.15, 0.2) is 0 Å². The van der Waals surface area contributed by atoms with Crippen molar-refractivity contribution in [3.8, 4) is 0 Å². The average Bonchev–Trinajstić information content (AvgIpc) is 3.02. The van der Waals surface area contributed by atoms with Crippen molar-refractivity contribution in [1.82, 2.24) is 4.90 Å². The average molecular weight is 451 g/mol. The Balaban J connectivity index is 1.83. The zero-order valence-corrected chi connectivity index (χ0v) is 18.6. The molecule has 0 saturated carbocycles. The summed E-state index contributed by atoms with van der Waals surface area (Å²) in [6, 6.07) is 22.3. The number of carbonyl (C=O) groups is 2. The van der Waals surface area contributed by atoms with Gasteiger partial charge in [-0.2, -0.15) is 0 Å². The van der Waals surface area contributed by atoms with Gasteiger partial charge in [-0.15, -0.1) is 0 Å². The molecule has 0 spiro atoms. The Morgan fingerprint density at radius 2 is 1.52 bits per heavy atom. The smallest absolute Gasteiger partial charge is 0.282 e. The van der Waals surface area contributed by atoms with Crippen molar-refractivity contribution in [3.05, 3.63) is 105 Å². The molecular weight excluding hydrogens is 431 g/mol. The summed E-state index contributed by atoms with van der Waals surface area (Å²) in [7, 11) is 1.81. The molecule has 0 fully saturated rings. The fourth-order valence-electron chi connectivity index (χ4n) is 3.67. The highest BCUT2D eigenvalue weighted by molar-refractivity contribution is 6.49. The van der Waals surface area contributed by atoms with Gasteiger partial charge >= 0.3 is 0 Å². The van der Waals surface area contributed by atoms with E-state index in [0.29, 0.717) is 23.4 Å². The summed E-state index contributed by atoms with van der Waals surface area (Å²) in [5.74, 6) is -0.851. The maximum atomic E-state index is 13.6. The first kappa shape index (κ1) is 21.2. The summed E-state index contributed by atoms with van der Waals surface area (Å²) < 4.78 is 0. The lowest BCUT2D eigenvalue weighted by Crippen LogP contribution is -2.34. The Hall–Kier alpha value is -3.08. The molecule has 0 bridgehead atoms. The fraction of sp³-hybridized carbons (Fsp3) is 0.120. The Morgan fingerprint density at radius 3 is 2.19 bits per heavy atom. The van der Waals surface area contributed by atoms with Gasteiger partial charge in [0.05, 0.1) is 21.3 Å². The topological polar surface area (TPSA) is 40.6 Å². The quantitative estimate of drug-likeness (QED) is 0.466. The molecule has 2 amide bonds. The molecule has 3 aromatic carbocycles. The molecule has 4 rings (SSSR count). The maximum absolute atomic E-state index is 13.6. The van der Waals surface area contributed by atoms with Crippen LogP contribution in [-0.2, 0) is 16.1 Å². The van der Waals surface area contributed by atoms with Crippen LogP contribution in [0.15, 0.2) is 78.5 Å². The highest BCUT2D eigenvalue weighted by atomic mass is 35.5. The molecule has 0 aliphatic carbocycles. The van der Waals surface area contributed by atoms with Gasteiger partial charge in [0.2, 0.25) is 0 Å². The zero-order chi connectivity index (χ0) is 22.1. The Kier molecular flexibility index (Phi) is 5.86. The van der Waals surface area contributed by atoms with Crippen molar-refractivity contribution in [1.29, 1.82) is 0 Å². The minimum absolute atomic E-state index is 0.168. The molecule has 156 valence electrons. The van der Waals surface area contributed by atoms with Crippen molar-refractivity contribution >= 4 is 46.3 Å². The SMILES string of the molecule is Cc1ccc(C2=C(N(C)Cc3ccccc3)C(=O)N(c3cccc(Cl)c3Cl)C2=O)cc1. The molecule has 6 heteroatoms. The van der Waals surface area contributed by atoms with Crippen molar-refractivity contribution in [2.24, 2.45) is 0 Å². The van der Waals surface area contributed by atoms with E-state index in [4.69, 9.17) is 23.2 Å². The van der Waals surface area contributed by atoms with E-state index in [9.17, 15) is 9.59 Å². The molecule has 0 radical (unpaired) electrons. The summed E-state index contributed by atoms with van der Waals surface area (Å²) in [6.07, 6.45) is 0. The molecule has 0 unspecified atom stereocenters. The van der Waals surface area contributed by atoms with Crippen LogP contribution in [0.3, 0.4) is 0 Å². The van der Waals surface area contributed by atoms with Crippen LogP contribution in [0, 0.1) is 6.92 Å². The number of aryl methyl sites for hydroxylation is 1.